The van der Waals surface area contributed by atoms with Crippen molar-refractivity contribution in [1.82, 2.24) is 10.2 Å². The summed E-state index contributed by atoms with van der Waals surface area (Å²) in [4.78, 5) is 15.3. The van der Waals surface area contributed by atoms with Crippen molar-refractivity contribution in [3.05, 3.63) is 70.6 Å². The summed E-state index contributed by atoms with van der Waals surface area (Å²) in [7, 11) is -0.437. The van der Waals surface area contributed by atoms with Gasteiger partial charge in [-0.15, -0.1) is 0 Å². The van der Waals surface area contributed by atoms with Gasteiger partial charge in [0.1, 0.15) is 0 Å². The zero-order valence-corrected chi connectivity index (χ0v) is 17.4. The summed E-state index contributed by atoms with van der Waals surface area (Å²) in [5, 5.41) is 2.99. The Balaban J connectivity index is 1.86. The molecule has 2 aromatic rings. The molecule has 2 aliphatic heterocycles. The number of piperidine rings is 1. The monoisotopic (exact) mass is 411 g/mol. The fourth-order valence-electron chi connectivity index (χ4n) is 4.00. The van der Waals surface area contributed by atoms with Crippen LogP contribution in [0.4, 0.5) is 5.69 Å². The van der Waals surface area contributed by atoms with Crippen LogP contribution in [0, 0.1) is 0 Å². The fraction of sp³-hybridized carbons (Fsp3) is 0.318. The number of carbonyl (C=O) groups excluding carboxylic acids is 1. The Kier molecular flexibility index (Phi) is 5.19. The third-order valence-corrected chi connectivity index (χ3v) is 7.50. The molecular formula is C22H25N3O3S. The van der Waals surface area contributed by atoms with Crippen LogP contribution in [0.15, 0.2) is 59.5 Å². The first-order valence-electron chi connectivity index (χ1n) is 9.77. The second kappa shape index (κ2) is 7.65. The minimum absolute atomic E-state index is 0.0269. The average molecular weight is 412 g/mol. The molecule has 0 aliphatic carbocycles. The number of hydrogen-bond donors (Lipinski definition) is 1. The Morgan fingerprint density at radius 3 is 2.28 bits per heavy atom. The normalized spacial score (nSPS) is 19.7. The Hall–Kier alpha value is -2.64. The number of sulfonamides is 1. The Morgan fingerprint density at radius 1 is 0.966 bits per heavy atom. The predicted molar refractivity (Wildman–Crippen MR) is 115 cm³/mol. The van der Waals surface area contributed by atoms with Gasteiger partial charge >= 0.3 is 0 Å². The number of likely N-dealkylation sites (tertiary alicyclic amines) is 1. The molecule has 1 amide bonds. The van der Waals surface area contributed by atoms with Crippen molar-refractivity contribution in [3.8, 4) is 0 Å². The first-order chi connectivity index (χ1) is 13.9. The number of hydrogen-bond acceptors (Lipinski definition) is 4. The maximum Gasteiger partial charge on any atom is 0.270 e. The summed E-state index contributed by atoms with van der Waals surface area (Å²) >= 11 is 0. The highest BCUT2D eigenvalue weighted by Gasteiger charge is 2.40. The van der Waals surface area contributed by atoms with Gasteiger partial charge in [0.05, 0.1) is 5.69 Å². The molecule has 2 heterocycles. The molecule has 1 saturated heterocycles. The number of benzene rings is 2. The van der Waals surface area contributed by atoms with Crippen molar-refractivity contribution in [2.75, 3.05) is 31.5 Å². The fourth-order valence-corrected chi connectivity index (χ4v) is 5.47. The van der Waals surface area contributed by atoms with E-state index in [9.17, 15) is 13.2 Å². The van der Waals surface area contributed by atoms with Crippen molar-refractivity contribution in [1.29, 1.82) is 0 Å². The van der Waals surface area contributed by atoms with Crippen LogP contribution in [0.5, 0.6) is 0 Å². The first kappa shape index (κ1) is 19.7. The van der Waals surface area contributed by atoms with Crippen LogP contribution in [0.3, 0.4) is 0 Å². The Labute approximate surface area is 171 Å². The van der Waals surface area contributed by atoms with Crippen molar-refractivity contribution in [3.63, 3.8) is 0 Å². The zero-order valence-electron chi connectivity index (χ0n) is 16.6. The molecule has 4 rings (SSSR count). The first-order valence-corrected chi connectivity index (χ1v) is 11.2. The van der Waals surface area contributed by atoms with Gasteiger partial charge in [-0.05, 0) is 44.6 Å². The van der Waals surface area contributed by atoms with E-state index in [4.69, 9.17) is 0 Å². The van der Waals surface area contributed by atoms with Crippen molar-refractivity contribution < 1.29 is 13.2 Å². The molecule has 0 unspecified atom stereocenters. The summed E-state index contributed by atoms with van der Waals surface area (Å²) in [6.07, 6.45) is 1.62. The van der Waals surface area contributed by atoms with E-state index in [0.29, 0.717) is 16.8 Å². The molecule has 6 nitrogen and oxygen atoms in total. The number of carbonyl (C=O) groups is 1. The molecule has 29 heavy (non-hydrogen) atoms. The number of nitrogens with one attached hydrogen (secondary N) is 1. The standard InChI is InChI=1S/C22H25N3O3S/c1-24-14-12-17(13-15-24)23-22(26)21-20(16-8-4-3-5-9-16)18-10-6-7-11-19(18)25(2)29(21,27)28/h3-11,17H,12-15H2,1-2H3,(H,23,26). The Morgan fingerprint density at radius 2 is 1.59 bits per heavy atom. The summed E-state index contributed by atoms with van der Waals surface area (Å²) < 4.78 is 28.0. The summed E-state index contributed by atoms with van der Waals surface area (Å²) in [6, 6.07) is 16.5. The second-order valence-electron chi connectivity index (χ2n) is 7.61. The molecule has 0 saturated carbocycles. The smallest absolute Gasteiger partial charge is 0.270 e. The molecule has 1 fully saturated rings. The number of rotatable bonds is 3. The lowest BCUT2D eigenvalue weighted by Gasteiger charge is -2.33. The van der Waals surface area contributed by atoms with Crippen molar-refractivity contribution in [2.24, 2.45) is 0 Å². The summed E-state index contributed by atoms with van der Waals surface area (Å²) in [5.74, 6) is -0.528. The molecule has 152 valence electrons. The van der Waals surface area contributed by atoms with Crippen LogP contribution in [-0.4, -0.2) is 52.5 Å². The van der Waals surface area contributed by atoms with Crippen LogP contribution >= 0.6 is 0 Å². The van der Waals surface area contributed by atoms with E-state index in [0.717, 1.165) is 31.5 Å². The van der Waals surface area contributed by atoms with Gasteiger partial charge in [0, 0.05) is 24.2 Å². The van der Waals surface area contributed by atoms with Crippen molar-refractivity contribution in [2.45, 2.75) is 18.9 Å². The molecule has 2 aliphatic rings. The van der Waals surface area contributed by atoms with Gasteiger partial charge < -0.3 is 10.2 Å². The number of fused-ring (bicyclic) bond motifs is 1. The lowest BCUT2D eigenvalue weighted by Crippen LogP contribution is -2.46. The molecule has 0 bridgehead atoms. The maximum absolute atomic E-state index is 13.4. The second-order valence-corrected chi connectivity index (χ2v) is 9.52. The van der Waals surface area contributed by atoms with E-state index in [1.807, 2.05) is 49.5 Å². The molecule has 0 atom stereocenters. The van der Waals surface area contributed by atoms with Crippen LogP contribution in [0.2, 0.25) is 0 Å². The molecule has 2 aromatic carbocycles. The van der Waals surface area contributed by atoms with Gasteiger partial charge in [-0.25, -0.2) is 8.42 Å². The summed E-state index contributed by atoms with van der Waals surface area (Å²) in [6.45, 7) is 1.76. The lowest BCUT2D eigenvalue weighted by molar-refractivity contribution is -0.117. The van der Waals surface area contributed by atoms with Crippen LogP contribution < -0.4 is 9.62 Å². The van der Waals surface area contributed by atoms with Crippen LogP contribution in [-0.2, 0) is 14.8 Å². The highest BCUT2D eigenvalue weighted by atomic mass is 32.2. The highest BCUT2D eigenvalue weighted by Crippen LogP contribution is 2.41. The van der Waals surface area contributed by atoms with E-state index in [-0.39, 0.29) is 10.9 Å². The van der Waals surface area contributed by atoms with E-state index >= 15 is 0 Å². The minimum Gasteiger partial charge on any atom is -0.349 e. The van der Waals surface area contributed by atoms with Gasteiger partial charge in [0.25, 0.3) is 15.9 Å². The molecular weight excluding hydrogens is 386 g/mol. The zero-order chi connectivity index (χ0) is 20.6. The number of para-hydroxylation sites is 1. The van der Waals surface area contributed by atoms with E-state index in [2.05, 4.69) is 10.2 Å². The molecule has 7 heteroatoms. The largest absolute Gasteiger partial charge is 0.349 e. The van der Waals surface area contributed by atoms with Crippen LogP contribution in [0.25, 0.3) is 5.57 Å². The lowest BCUT2D eigenvalue weighted by atomic mass is 9.95. The van der Waals surface area contributed by atoms with E-state index in [1.54, 1.807) is 12.1 Å². The predicted octanol–water partition coefficient (Wildman–Crippen LogP) is 2.44. The third-order valence-electron chi connectivity index (χ3n) is 5.68. The van der Waals surface area contributed by atoms with Gasteiger partial charge in [0.2, 0.25) is 0 Å². The quantitative estimate of drug-likeness (QED) is 0.842. The van der Waals surface area contributed by atoms with Crippen LogP contribution in [0.1, 0.15) is 24.0 Å². The van der Waals surface area contributed by atoms with Gasteiger partial charge in [-0.1, -0.05) is 48.5 Å². The number of nitrogens with zero attached hydrogens (tertiary/aromatic N) is 2. The van der Waals surface area contributed by atoms with E-state index < -0.39 is 15.9 Å². The topological polar surface area (TPSA) is 69.7 Å². The molecule has 0 spiro atoms. The van der Waals surface area contributed by atoms with E-state index in [1.165, 1.54) is 11.4 Å². The van der Waals surface area contributed by atoms with Crippen molar-refractivity contribution >= 4 is 27.2 Å². The van der Waals surface area contributed by atoms with Gasteiger partial charge in [-0.2, -0.15) is 0 Å². The maximum atomic E-state index is 13.4. The third kappa shape index (κ3) is 3.56. The molecule has 0 aromatic heterocycles. The Bertz CT molecular complexity index is 1060. The van der Waals surface area contributed by atoms with Gasteiger partial charge in [-0.3, -0.25) is 9.10 Å². The number of anilines is 1. The van der Waals surface area contributed by atoms with Gasteiger partial charge in [0.15, 0.2) is 4.91 Å². The average Bonchev–Trinajstić information content (AvgIpc) is 2.73. The molecule has 0 radical (unpaired) electrons. The molecule has 1 N–H and O–H groups in total. The summed E-state index contributed by atoms with van der Waals surface area (Å²) in [5.41, 5.74) is 2.49. The highest BCUT2D eigenvalue weighted by molar-refractivity contribution is 7.97. The SMILES string of the molecule is CN1CCC(NC(=O)C2=C(c3ccccc3)c3ccccc3N(C)S2(=O)=O)CC1. The number of amides is 1. The minimum atomic E-state index is -3.98.